The zero-order chi connectivity index (χ0) is 13.4. The lowest BCUT2D eigenvalue weighted by atomic mass is 9.97. The predicted molar refractivity (Wildman–Crippen MR) is 75.6 cm³/mol. The van der Waals surface area contributed by atoms with Gasteiger partial charge in [-0.2, -0.15) is 0 Å². The third-order valence-corrected chi connectivity index (χ3v) is 3.79. The van der Waals surface area contributed by atoms with Crippen molar-refractivity contribution in [2.24, 2.45) is 5.92 Å². The molecule has 0 aromatic rings. The molecule has 4 heteroatoms. The molecule has 0 radical (unpaired) electrons. The Kier molecular flexibility index (Phi) is 7.28. The second-order valence-electron chi connectivity index (χ2n) is 5.48. The number of nitrogens with one attached hydrogen (secondary N) is 1. The van der Waals surface area contributed by atoms with Gasteiger partial charge in [0.1, 0.15) is 0 Å². The van der Waals surface area contributed by atoms with Crippen molar-refractivity contribution in [1.82, 2.24) is 15.1 Å². The van der Waals surface area contributed by atoms with Crippen LogP contribution in [0.15, 0.2) is 0 Å². The summed E-state index contributed by atoms with van der Waals surface area (Å²) in [5.41, 5.74) is 0. The molecule has 0 aromatic carbocycles. The Morgan fingerprint density at radius 2 is 1.94 bits per heavy atom. The van der Waals surface area contributed by atoms with Crippen molar-refractivity contribution in [1.29, 1.82) is 0 Å². The minimum Gasteiger partial charge on any atom is -0.349 e. The predicted octanol–water partition coefficient (Wildman–Crippen LogP) is 1.18. The van der Waals surface area contributed by atoms with Crippen molar-refractivity contribution in [2.45, 2.75) is 32.6 Å². The molecule has 1 heterocycles. The molecule has 1 aliphatic rings. The highest BCUT2D eigenvalue weighted by Crippen LogP contribution is 2.13. The molecule has 1 fully saturated rings. The van der Waals surface area contributed by atoms with E-state index in [0.29, 0.717) is 6.42 Å². The highest BCUT2D eigenvalue weighted by Gasteiger charge is 2.16. The van der Waals surface area contributed by atoms with Crippen LogP contribution in [0.4, 0.5) is 0 Å². The fraction of sp³-hybridized carbons (Fsp3) is 0.929. The Morgan fingerprint density at radius 3 is 2.50 bits per heavy atom. The van der Waals surface area contributed by atoms with E-state index in [1.165, 1.54) is 32.5 Å². The molecule has 1 saturated heterocycles. The summed E-state index contributed by atoms with van der Waals surface area (Å²) in [6.45, 7) is 7.91. The van der Waals surface area contributed by atoms with Gasteiger partial charge in [-0.3, -0.25) is 4.79 Å². The fourth-order valence-electron chi connectivity index (χ4n) is 2.49. The third-order valence-electron chi connectivity index (χ3n) is 3.79. The van der Waals surface area contributed by atoms with Crippen LogP contribution in [0.1, 0.15) is 32.6 Å². The molecule has 1 amide bonds. The van der Waals surface area contributed by atoms with Gasteiger partial charge < -0.3 is 15.1 Å². The van der Waals surface area contributed by atoms with E-state index in [9.17, 15) is 4.79 Å². The lowest BCUT2D eigenvalue weighted by Crippen LogP contribution is -2.36. The second-order valence-corrected chi connectivity index (χ2v) is 5.48. The molecule has 18 heavy (non-hydrogen) atoms. The minimum atomic E-state index is 0.243. The number of hydrogen-bond donors (Lipinski definition) is 1. The smallest absolute Gasteiger partial charge is 0.222 e. The summed E-state index contributed by atoms with van der Waals surface area (Å²) in [6, 6.07) is 0. The second kappa shape index (κ2) is 8.48. The maximum Gasteiger partial charge on any atom is 0.222 e. The van der Waals surface area contributed by atoms with Crippen molar-refractivity contribution in [3.8, 4) is 0 Å². The number of hydrogen-bond acceptors (Lipinski definition) is 3. The maximum atomic E-state index is 11.5. The molecule has 0 unspecified atom stereocenters. The Bertz CT molecular complexity index is 237. The van der Waals surface area contributed by atoms with Crippen molar-refractivity contribution in [3.63, 3.8) is 0 Å². The summed E-state index contributed by atoms with van der Waals surface area (Å²) < 4.78 is 0. The van der Waals surface area contributed by atoms with Crippen LogP contribution in [-0.2, 0) is 4.79 Å². The van der Waals surface area contributed by atoms with Gasteiger partial charge >= 0.3 is 0 Å². The number of carbonyl (C=O) groups excluding carboxylic acids is 1. The van der Waals surface area contributed by atoms with Crippen molar-refractivity contribution in [3.05, 3.63) is 0 Å². The summed E-state index contributed by atoms with van der Waals surface area (Å²) in [5, 5.41) is 3.41. The third kappa shape index (κ3) is 5.83. The topological polar surface area (TPSA) is 35.6 Å². The van der Waals surface area contributed by atoms with E-state index in [1.54, 1.807) is 4.90 Å². The van der Waals surface area contributed by atoms with Crippen LogP contribution in [-0.4, -0.2) is 62.5 Å². The van der Waals surface area contributed by atoms with Crippen molar-refractivity contribution >= 4 is 5.91 Å². The van der Waals surface area contributed by atoms with E-state index in [0.717, 1.165) is 25.4 Å². The first-order valence-corrected chi connectivity index (χ1v) is 7.26. The van der Waals surface area contributed by atoms with E-state index >= 15 is 0 Å². The summed E-state index contributed by atoms with van der Waals surface area (Å²) in [4.78, 5) is 15.7. The van der Waals surface area contributed by atoms with Crippen LogP contribution in [0.5, 0.6) is 0 Å². The SMILES string of the molecule is CCN(CCCC(=O)N(C)C)CC1CCNCC1. The van der Waals surface area contributed by atoms with Crippen LogP contribution in [0, 0.1) is 5.92 Å². The van der Waals surface area contributed by atoms with E-state index < -0.39 is 0 Å². The molecule has 0 aliphatic carbocycles. The lowest BCUT2D eigenvalue weighted by Gasteiger charge is -2.29. The molecule has 0 spiro atoms. The summed E-state index contributed by atoms with van der Waals surface area (Å²) in [6.07, 6.45) is 4.26. The van der Waals surface area contributed by atoms with Gasteiger partial charge in [-0.15, -0.1) is 0 Å². The zero-order valence-electron chi connectivity index (χ0n) is 12.2. The van der Waals surface area contributed by atoms with E-state index in [2.05, 4.69) is 17.1 Å². The standard InChI is InChI=1S/C14H29N3O/c1-4-17(11-5-6-14(18)16(2)3)12-13-7-9-15-10-8-13/h13,15H,4-12H2,1-3H3. The molecule has 1 aliphatic heterocycles. The van der Waals surface area contributed by atoms with Crippen LogP contribution >= 0.6 is 0 Å². The first-order chi connectivity index (χ1) is 8.63. The van der Waals surface area contributed by atoms with Gasteiger partial charge in [0.2, 0.25) is 5.91 Å². The average Bonchev–Trinajstić information content (AvgIpc) is 2.38. The van der Waals surface area contributed by atoms with Gasteiger partial charge in [0.15, 0.2) is 0 Å². The Labute approximate surface area is 112 Å². The number of amides is 1. The first kappa shape index (κ1) is 15.4. The molecule has 4 nitrogen and oxygen atoms in total. The molecule has 0 atom stereocenters. The Balaban J connectivity index is 2.18. The average molecular weight is 255 g/mol. The van der Waals surface area contributed by atoms with Crippen molar-refractivity contribution in [2.75, 3.05) is 46.8 Å². The number of carbonyl (C=O) groups is 1. The largest absolute Gasteiger partial charge is 0.349 e. The number of nitrogens with zero attached hydrogens (tertiary/aromatic N) is 2. The van der Waals surface area contributed by atoms with Crippen LogP contribution < -0.4 is 5.32 Å². The van der Waals surface area contributed by atoms with Crippen LogP contribution in [0.3, 0.4) is 0 Å². The molecule has 1 rings (SSSR count). The summed E-state index contributed by atoms with van der Waals surface area (Å²) >= 11 is 0. The number of rotatable bonds is 7. The molecule has 0 aromatic heterocycles. The monoisotopic (exact) mass is 255 g/mol. The van der Waals surface area contributed by atoms with Gasteiger partial charge in [-0.1, -0.05) is 6.92 Å². The molecule has 106 valence electrons. The zero-order valence-corrected chi connectivity index (χ0v) is 12.2. The molecule has 1 N–H and O–H groups in total. The van der Waals surface area contributed by atoms with E-state index in [-0.39, 0.29) is 5.91 Å². The molecular weight excluding hydrogens is 226 g/mol. The van der Waals surface area contributed by atoms with Gasteiger partial charge in [0.25, 0.3) is 0 Å². The normalized spacial score (nSPS) is 17.1. The minimum absolute atomic E-state index is 0.243. The highest BCUT2D eigenvalue weighted by atomic mass is 16.2. The summed E-state index contributed by atoms with van der Waals surface area (Å²) in [7, 11) is 3.66. The van der Waals surface area contributed by atoms with Gasteiger partial charge in [0, 0.05) is 27.1 Å². The summed E-state index contributed by atoms with van der Waals surface area (Å²) in [5.74, 6) is 1.09. The van der Waals surface area contributed by atoms with E-state index in [1.807, 2.05) is 14.1 Å². The Morgan fingerprint density at radius 1 is 1.28 bits per heavy atom. The van der Waals surface area contributed by atoms with Gasteiger partial charge in [-0.05, 0) is 51.4 Å². The maximum absolute atomic E-state index is 11.5. The fourth-order valence-corrected chi connectivity index (χ4v) is 2.49. The quantitative estimate of drug-likeness (QED) is 0.742. The Hall–Kier alpha value is -0.610. The number of piperidine rings is 1. The first-order valence-electron chi connectivity index (χ1n) is 7.26. The van der Waals surface area contributed by atoms with Crippen molar-refractivity contribution < 1.29 is 4.79 Å². The van der Waals surface area contributed by atoms with Gasteiger partial charge in [0.05, 0.1) is 0 Å². The van der Waals surface area contributed by atoms with Gasteiger partial charge in [-0.25, -0.2) is 0 Å². The molecular formula is C14H29N3O. The van der Waals surface area contributed by atoms with Crippen LogP contribution in [0.25, 0.3) is 0 Å². The highest BCUT2D eigenvalue weighted by molar-refractivity contribution is 5.75. The van der Waals surface area contributed by atoms with Crippen LogP contribution in [0.2, 0.25) is 0 Å². The molecule has 0 saturated carbocycles. The van der Waals surface area contributed by atoms with E-state index in [4.69, 9.17) is 0 Å². The molecule has 0 bridgehead atoms. The lowest BCUT2D eigenvalue weighted by molar-refractivity contribution is -0.128.